The lowest BCUT2D eigenvalue weighted by Crippen LogP contribution is -2.38. The second kappa shape index (κ2) is 9.78. The maximum atomic E-state index is 13.4. The fourth-order valence-electron chi connectivity index (χ4n) is 3.08. The Labute approximate surface area is 201 Å². The lowest BCUT2D eigenvalue weighted by Gasteiger charge is -2.25. The molecular formula is C22H15ClF6N2O3S. The number of nitrogens with zero attached hydrogens (tertiary/aromatic N) is 1. The molecule has 0 aliphatic heterocycles. The fraction of sp³-hybridized carbons (Fsp3) is 0.136. The second-order valence-corrected chi connectivity index (χ2v) is 9.35. The Kier molecular flexibility index (Phi) is 7.37. The first-order valence-electron chi connectivity index (χ1n) is 9.62. The van der Waals surface area contributed by atoms with E-state index >= 15 is 0 Å². The number of nitrogens with one attached hydrogen (secondary N) is 1. The van der Waals surface area contributed by atoms with Gasteiger partial charge in [0, 0.05) is 0 Å². The van der Waals surface area contributed by atoms with Crippen molar-refractivity contribution < 1.29 is 39.6 Å². The van der Waals surface area contributed by atoms with Crippen LogP contribution in [0, 0.1) is 0 Å². The summed E-state index contributed by atoms with van der Waals surface area (Å²) in [4.78, 5) is 12.3. The van der Waals surface area contributed by atoms with E-state index < -0.39 is 62.4 Å². The molecule has 0 spiro atoms. The van der Waals surface area contributed by atoms with E-state index in [0.29, 0.717) is 16.4 Å². The number of sulfonamides is 1. The largest absolute Gasteiger partial charge is 0.418 e. The van der Waals surface area contributed by atoms with Crippen molar-refractivity contribution in [2.75, 3.05) is 16.2 Å². The van der Waals surface area contributed by atoms with E-state index in [0.717, 1.165) is 36.4 Å². The third kappa shape index (κ3) is 6.06. The Morgan fingerprint density at radius 2 is 1.40 bits per heavy atom. The highest BCUT2D eigenvalue weighted by atomic mass is 35.5. The van der Waals surface area contributed by atoms with Gasteiger partial charge < -0.3 is 5.32 Å². The molecule has 1 amide bonds. The van der Waals surface area contributed by atoms with E-state index in [-0.39, 0.29) is 4.90 Å². The van der Waals surface area contributed by atoms with Crippen LogP contribution in [0.25, 0.3) is 0 Å². The number of para-hydroxylation sites is 1. The quantitative estimate of drug-likeness (QED) is 0.381. The number of rotatable bonds is 6. The summed E-state index contributed by atoms with van der Waals surface area (Å²) in [6.45, 7) is -1.12. The average Bonchev–Trinajstić information content (AvgIpc) is 2.77. The van der Waals surface area contributed by atoms with Gasteiger partial charge in [-0.25, -0.2) is 8.42 Å². The third-order valence-electron chi connectivity index (χ3n) is 4.67. The number of amides is 1. The van der Waals surface area contributed by atoms with Crippen molar-refractivity contribution in [3.8, 4) is 0 Å². The van der Waals surface area contributed by atoms with Crippen molar-refractivity contribution in [3.63, 3.8) is 0 Å². The lowest BCUT2D eigenvalue weighted by molar-refractivity contribution is -0.138. The van der Waals surface area contributed by atoms with Crippen LogP contribution in [0.3, 0.4) is 0 Å². The van der Waals surface area contributed by atoms with E-state index in [1.54, 1.807) is 0 Å². The summed E-state index contributed by atoms with van der Waals surface area (Å²) in [5.41, 5.74) is -3.75. The molecule has 3 aromatic rings. The van der Waals surface area contributed by atoms with Gasteiger partial charge in [0.2, 0.25) is 5.91 Å². The Morgan fingerprint density at radius 3 is 2.00 bits per heavy atom. The number of benzene rings is 3. The third-order valence-corrected chi connectivity index (χ3v) is 6.79. The van der Waals surface area contributed by atoms with E-state index in [1.165, 1.54) is 24.3 Å². The Bertz CT molecular complexity index is 1330. The molecule has 0 fully saturated rings. The van der Waals surface area contributed by atoms with Crippen LogP contribution < -0.4 is 9.62 Å². The van der Waals surface area contributed by atoms with Crippen LogP contribution in [-0.4, -0.2) is 20.9 Å². The summed E-state index contributed by atoms with van der Waals surface area (Å²) in [6, 6.07) is 12.7. The second-order valence-electron chi connectivity index (χ2n) is 7.08. The number of alkyl halides is 6. The van der Waals surface area contributed by atoms with Gasteiger partial charge in [0.15, 0.2) is 0 Å². The Morgan fingerprint density at radius 1 is 0.829 bits per heavy atom. The molecule has 0 unspecified atom stereocenters. The predicted octanol–water partition coefficient (Wildman–Crippen LogP) is 6.21. The van der Waals surface area contributed by atoms with Crippen LogP contribution in [0.15, 0.2) is 77.7 Å². The minimum atomic E-state index is -4.94. The highest BCUT2D eigenvalue weighted by Crippen LogP contribution is 2.38. The van der Waals surface area contributed by atoms with E-state index in [1.807, 2.05) is 5.32 Å². The molecule has 0 saturated heterocycles. The number of hydrogen-bond donors (Lipinski definition) is 1. The van der Waals surface area contributed by atoms with Crippen LogP contribution in [0.5, 0.6) is 0 Å². The van der Waals surface area contributed by atoms with Crippen molar-refractivity contribution in [3.05, 3.63) is 88.9 Å². The minimum absolute atomic E-state index is 0.355. The highest BCUT2D eigenvalue weighted by Gasteiger charge is 2.36. The van der Waals surface area contributed by atoms with Gasteiger partial charge >= 0.3 is 12.4 Å². The fourth-order valence-corrected chi connectivity index (χ4v) is 4.74. The van der Waals surface area contributed by atoms with Gasteiger partial charge in [0.1, 0.15) is 6.54 Å². The van der Waals surface area contributed by atoms with Crippen molar-refractivity contribution in [2.45, 2.75) is 17.2 Å². The summed E-state index contributed by atoms with van der Waals surface area (Å²) in [5, 5.41) is 1.28. The zero-order chi connectivity index (χ0) is 26.0. The molecule has 1 N–H and O–H groups in total. The number of hydrogen-bond acceptors (Lipinski definition) is 3. The molecule has 0 aromatic heterocycles. The van der Waals surface area contributed by atoms with Gasteiger partial charge in [-0.2, -0.15) is 26.3 Å². The zero-order valence-electron chi connectivity index (χ0n) is 17.4. The van der Waals surface area contributed by atoms with Crippen LogP contribution in [0.2, 0.25) is 5.02 Å². The first-order valence-corrected chi connectivity index (χ1v) is 11.4. The van der Waals surface area contributed by atoms with Crippen molar-refractivity contribution in [1.29, 1.82) is 0 Å². The van der Waals surface area contributed by atoms with Crippen LogP contribution >= 0.6 is 11.6 Å². The van der Waals surface area contributed by atoms with Gasteiger partial charge in [-0.3, -0.25) is 9.10 Å². The zero-order valence-corrected chi connectivity index (χ0v) is 18.9. The minimum Gasteiger partial charge on any atom is -0.324 e. The molecule has 5 nitrogen and oxygen atoms in total. The maximum absolute atomic E-state index is 13.4. The molecule has 3 rings (SSSR count). The van der Waals surface area contributed by atoms with Gasteiger partial charge in [0.25, 0.3) is 10.0 Å². The Balaban J connectivity index is 2.05. The average molecular weight is 537 g/mol. The molecule has 35 heavy (non-hydrogen) atoms. The number of carbonyl (C=O) groups excluding carboxylic acids is 1. The molecule has 13 heteroatoms. The summed E-state index contributed by atoms with van der Waals surface area (Å²) >= 11 is 5.62. The molecule has 0 heterocycles. The molecule has 0 aliphatic carbocycles. The summed E-state index contributed by atoms with van der Waals surface area (Å²) in [6.07, 6.45) is -9.76. The van der Waals surface area contributed by atoms with E-state index in [9.17, 15) is 39.6 Å². The number of carbonyl (C=O) groups is 1. The van der Waals surface area contributed by atoms with Crippen molar-refractivity contribution >= 4 is 38.9 Å². The molecular weight excluding hydrogens is 522 g/mol. The first kappa shape index (κ1) is 26.4. The van der Waals surface area contributed by atoms with E-state index in [2.05, 4.69) is 0 Å². The molecule has 0 radical (unpaired) electrons. The van der Waals surface area contributed by atoms with Gasteiger partial charge in [-0.15, -0.1) is 0 Å². The van der Waals surface area contributed by atoms with Crippen molar-refractivity contribution in [2.24, 2.45) is 0 Å². The first-order chi connectivity index (χ1) is 16.2. The highest BCUT2D eigenvalue weighted by molar-refractivity contribution is 7.92. The van der Waals surface area contributed by atoms with Crippen molar-refractivity contribution in [1.82, 2.24) is 0 Å². The van der Waals surface area contributed by atoms with Gasteiger partial charge in [-0.05, 0) is 42.5 Å². The number of halogens is 7. The lowest BCUT2D eigenvalue weighted by atomic mass is 10.1. The molecule has 0 aliphatic rings. The van der Waals surface area contributed by atoms with E-state index in [4.69, 9.17) is 11.6 Å². The predicted molar refractivity (Wildman–Crippen MR) is 118 cm³/mol. The standard InChI is InChI=1S/C22H15ClF6N2O3S/c23-18-11-10-14(12-17(18)22(27,28)29)31(35(33,34)15-6-2-1-3-7-15)13-20(32)30-19-9-5-4-8-16(19)21(24,25)26/h1-12H,13H2,(H,30,32). The van der Waals surface area contributed by atoms with Crippen LogP contribution in [0.1, 0.15) is 11.1 Å². The van der Waals surface area contributed by atoms with Crippen LogP contribution in [0.4, 0.5) is 37.7 Å². The smallest absolute Gasteiger partial charge is 0.324 e. The number of anilines is 2. The molecule has 3 aromatic carbocycles. The molecule has 0 bridgehead atoms. The SMILES string of the molecule is O=C(CN(c1ccc(Cl)c(C(F)(F)F)c1)S(=O)(=O)c1ccccc1)Nc1ccccc1C(F)(F)F. The Hall–Kier alpha value is -3.25. The van der Waals surface area contributed by atoms with Gasteiger partial charge in [0.05, 0.1) is 32.4 Å². The van der Waals surface area contributed by atoms with Crippen LogP contribution in [-0.2, 0) is 27.2 Å². The topological polar surface area (TPSA) is 66.5 Å². The molecule has 0 atom stereocenters. The summed E-state index contributed by atoms with van der Waals surface area (Å²) in [5.74, 6) is -1.22. The monoisotopic (exact) mass is 536 g/mol. The molecule has 0 saturated carbocycles. The summed E-state index contributed by atoms with van der Waals surface area (Å²) < 4.78 is 107. The molecule has 186 valence electrons. The van der Waals surface area contributed by atoms with Gasteiger partial charge in [-0.1, -0.05) is 41.9 Å². The summed E-state index contributed by atoms with van der Waals surface area (Å²) in [7, 11) is -4.62. The normalized spacial score (nSPS) is 12.3. The maximum Gasteiger partial charge on any atom is 0.418 e.